The van der Waals surface area contributed by atoms with E-state index in [0.717, 1.165) is 18.5 Å². The summed E-state index contributed by atoms with van der Waals surface area (Å²) < 4.78 is 5.54. The van der Waals surface area contributed by atoms with Gasteiger partial charge in [0.25, 0.3) is 5.91 Å². The third-order valence-corrected chi connectivity index (χ3v) is 5.48. The van der Waals surface area contributed by atoms with Crippen molar-refractivity contribution >= 4 is 17.7 Å². The summed E-state index contributed by atoms with van der Waals surface area (Å²) in [7, 11) is 0. The molecule has 136 valence electrons. The highest BCUT2D eigenvalue weighted by Crippen LogP contribution is 2.46. The summed E-state index contributed by atoms with van der Waals surface area (Å²) in [5.74, 6) is -0.145. The second-order valence-corrected chi connectivity index (χ2v) is 7.06. The van der Waals surface area contributed by atoms with Crippen LogP contribution in [0, 0.1) is 11.3 Å². The predicted octanol–water partition coefficient (Wildman–Crippen LogP) is 3.39. The maximum absolute atomic E-state index is 13.2. The predicted molar refractivity (Wildman–Crippen MR) is 102 cm³/mol. The number of nitrogens with zero attached hydrogens (tertiary/aromatic N) is 2. The smallest absolute Gasteiger partial charge is 0.268 e. The number of phenols is 1. The first kappa shape index (κ1) is 17.3. The first-order valence-corrected chi connectivity index (χ1v) is 9.03. The molecule has 5 nitrogen and oxygen atoms in total. The monoisotopic (exact) mass is 360 g/mol. The van der Waals surface area contributed by atoms with E-state index in [4.69, 9.17) is 4.74 Å². The molecule has 4 rings (SSSR count). The van der Waals surface area contributed by atoms with Crippen LogP contribution in [-0.4, -0.2) is 30.8 Å². The van der Waals surface area contributed by atoms with Gasteiger partial charge in [0, 0.05) is 30.9 Å². The zero-order valence-corrected chi connectivity index (χ0v) is 14.9. The second kappa shape index (κ2) is 6.90. The topological polar surface area (TPSA) is 73.6 Å². The van der Waals surface area contributed by atoms with Gasteiger partial charge < -0.3 is 14.7 Å². The van der Waals surface area contributed by atoms with E-state index in [9.17, 15) is 15.2 Å². The van der Waals surface area contributed by atoms with Crippen LogP contribution in [-0.2, 0) is 14.9 Å². The van der Waals surface area contributed by atoms with Gasteiger partial charge in [-0.25, -0.2) is 0 Å². The van der Waals surface area contributed by atoms with Gasteiger partial charge in [0.1, 0.15) is 17.4 Å². The normalized spacial score (nSPS) is 18.2. The lowest BCUT2D eigenvalue weighted by Gasteiger charge is -2.34. The van der Waals surface area contributed by atoms with Crippen LogP contribution >= 0.6 is 0 Å². The number of phenolic OH excluding ortho intramolecular Hbond substituents is 1. The molecular formula is C22H20N2O3. The number of carbonyl (C=O) groups excluding carboxylic acids is 1. The van der Waals surface area contributed by atoms with Gasteiger partial charge in [-0.2, -0.15) is 5.26 Å². The molecule has 1 fully saturated rings. The zero-order valence-electron chi connectivity index (χ0n) is 14.9. The average Bonchev–Trinajstić information content (AvgIpc) is 3.02. The highest BCUT2D eigenvalue weighted by atomic mass is 16.5. The van der Waals surface area contributed by atoms with E-state index >= 15 is 0 Å². The number of ether oxygens (including phenoxy) is 1. The van der Waals surface area contributed by atoms with E-state index in [1.54, 1.807) is 23.1 Å². The Hall–Kier alpha value is -3.10. The highest BCUT2D eigenvalue weighted by molar-refractivity contribution is 6.12. The van der Waals surface area contributed by atoms with Crippen LogP contribution in [0.4, 0.5) is 5.69 Å². The number of hydrogen-bond donors (Lipinski definition) is 1. The summed E-state index contributed by atoms with van der Waals surface area (Å²) >= 11 is 0. The molecule has 1 saturated heterocycles. The number of benzene rings is 2. The minimum atomic E-state index is -0.290. The van der Waals surface area contributed by atoms with Crippen LogP contribution in [0.25, 0.3) is 6.08 Å². The molecule has 1 N–H and O–H groups in total. The third kappa shape index (κ3) is 3.09. The molecule has 2 heterocycles. The summed E-state index contributed by atoms with van der Waals surface area (Å²) in [6, 6.07) is 16.4. The highest BCUT2D eigenvalue weighted by Gasteiger charge is 2.45. The molecule has 2 aromatic rings. The van der Waals surface area contributed by atoms with E-state index in [-0.39, 0.29) is 22.6 Å². The fourth-order valence-corrected chi connectivity index (χ4v) is 4.03. The lowest BCUT2D eigenvalue weighted by molar-refractivity contribution is -0.114. The Morgan fingerprint density at radius 2 is 1.85 bits per heavy atom. The van der Waals surface area contributed by atoms with Crippen molar-refractivity contribution in [2.75, 3.05) is 24.7 Å². The van der Waals surface area contributed by atoms with Crippen molar-refractivity contribution in [3.05, 3.63) is 65.2 Å². The number of para-hydroxylation sites is 1. The van der Waals surface area contributed by atoms with Crippen molar-refractivity contribution in [2.24, 2.45) is 0 Å². The molecule has 0 aromatic heterocycles. The molecule has 1 amide bonds. The maximum atomic E-state index is 13.2. The Labute approximate surface area is 158 Å². The standard InChI is InChI=1S/C22H20N2O3/c23-14-17(13-16-5-7-18(25)8-6-16)21(26)24-15-22(9-11-27-12-10-22)19-3-1-2-4-20(19)24/h1-8,13,25H,9-12,15H2/b17-13+. The Balaban J connectivity index is 1.69. The van der Waals surface area contributed by atoms with Crippen LogP contribution in [0.2, 0.25) is 0 Å². The van der Waals surface area contributed by atoms with Gasteiger partial charge in [-0.3, -0.25) is 4.79 Å². The molecule has 1 spiro atoms. The molecule has 5 heteroatoms. The average molecular weight is 360 g/mol. The number of rotatable bonds is 2. The van der Waals surface area contributed by atoms with Crippen LogP contribution in [0.1, 0.15) is 24.0 Å². The van der Waals surface area contributed by atoms with Gasteiger partial charge in [-0.1, -0.05) is 30.3 Å². The molecule has 0 saturated carbocycles. The summed E-state index contributed by atoms with van der Waals surface area (Å²) in [6.45, 7) is 1.94. The summed E-state index contributed by atoms with van der Waals surface area (Å²) in [5, 5.41) is 19.0. The van der Waals surface area contributed by atoms with Gasteiger partial charge >= 0.3 is 0 Å². The van der Waals surface area contributed by atoms with Crippen molar-refractivity contribution in [2.45, 2.75) is 18.3 Å². The van der Waals surface area contributed by atoms with Crippen LogP contribution < -0.4 is 4.90 Å². The van der Waals surface area contributed by atoms with Gasteiger partial charge in [-0.05, 0) is 48.2 Å². The molecule has 0 atom stereocenters. The van der Waals surface area contributed by atoms with E-state index in [1.807, 2.05) is 24.3 Å². The number of nitriles is 1. The Morgan fingerprint density at radius 1 is 1.15 bits per heavy atom. The van der Waals surface area contributed by atoms with Crippen molar-refractivity contribution < 1.29 is 14.6 Å². The van der Waals surface area contributed by atoms with Crippen molar-refractivity contribution in [3.63, 3.8) is 0 Å². The van der Waals surface area contributed by atoms with E-state index in [2.05, 4.69) is 6.07 Å². The van der Waals surface area contributed by atoms with Crippen molar-refractivity contribution in [3.8, 4) is 11.8 Å². The van der Waals surface area contributed by atoms with Crippen molar-refractivity contribution in [1.29, 1.82) is 5.26 Å². The Kier molecular flexibility index (Phi) is 4.43. The molecule has 0 unspecified atom stereocenters. The minimum Gasteiger partial charge on any atom is -0.508 e. The molecule has 0 radical (unpaired) electrons. The van der Waals surface area contributed by atoms with E-state index in [1.165, 1.54) is 17.7 Å². The van der Waals surface area contributed by atoms with Crippen molar-refractivity contribution in [1.82, 2.24) is 0 Å². The number of anilines is 1. The second-order valence-electron chi connectivity index (χ2n) is 7.06. The first-order chi connectivity index (χ1) is 13.1. The maximum Gasteiger partial charge on any atom is 0.268 e. The van der Waals surface area contributed by atoms with Gasteiger partial charge in [0.05, 0.1) is 0 Å². The number of amides is 1. The summed E-state index contributed by atoms with van der Waals surface area (Å²) in [4.78, 5) is 14.9. The van der Waals surface area contributed by atoms with E-state index in [0.29, 0.717) is 25.3 Å². The molecule has 0 bridgehead atoms. The number of hydrogen-bond acceptors (Lipinski definition) is 4. The zero-order chi connectivity index (χ0) is 18.9. The summed E-state index contributed by atoms with van der Waals surface area (Å²) in [5.41, 5.74) is 2.74. The quantitative estimate of drug-likeness (QED) is 0.658. The summed E-state index contributed by atoms with van der Waals surface area (Å²) in [6.07, 6.45) is 3.31. The number of carbonyl (C=O) groups is 1. The molecule has 2 aliphatic heterocycles. The van der Waals surface area contributed by atoms with Gasteiger partial charge in [-0.15, -0.1) is 0 Å². The Bertz CT molecular complexity index is 935. The number of fused-ring (bicyclic) bond motifs is 2. The molecule has 27 heavy (non-hydrogen) atoms. The fourth-order valence-electron chi connectivity index (χ4n) is 4.03. The van der Waals surface area contributed by atoms with E-state index < -0.39 is 0 Å². The molecule has 0 aliphatic carbocycles. The van der Waals surface area contributed by atoms with Crippen LogP contribution in [0.3, 0.4) is 0 Å². The first-order valence-electron chi connectivity index (χ1n) is 9.03. The molecule has 2 aliphatic rings. The van der Waals surface area contributed by atoms with Gasteiger partial charge in [0.15, 0.2) is 0 Å². The third-order valence-electron chi connectivity index (χ3n) is 5.48. The van der Waals surface area contributed by atoms with Crippen LogP contribution in [0.15, 0.2) is 54.1 Å². The molecule has 2 aromatic carbocycles. The lowest BCUT2D eigenvalue weighted by atomic mass is 9.76. The van der Waals surface area contributed by atoms with Gasteiger partial charge in [0.2, 0.25) is 0 Å². The molecular weight excluding hydrogens is 340 g/mol. The Morgan fingerprint density at radius 3 is 2.56 bits per heavy atom. The SMILES string of the molecule is N#C/C(=C\c1ccc(O)cc1)C(=O)N1CC2(CCOCC2)c2ccccc21. The fraction of sp³-hybridized carbons (Fsp3) is 0.273. The minimum absolute atomic E-state index is 0.0830. The largest absolute Gasteiger partial charge is 0.508 e. The lowest BCUT2D eigenvalue weighted by Crippen LogP contribution is -2.41. The van der Waals surface area contributed by atoms with Crippen LogP contribution in [0.5, 0.6) is 5.75 Å². The number of aromatic hydroxyl groups is 1.